The molecule has 3 N–H and O–H groups in total. The molecule has 1 amide bonds. The van der Waals surface area contributed by atoms with Gasteiger partial charge in [0.2, 0.25) is 5.91 Å². The maximum Gasteiger partial charge on any atom is 0.223 e. The molecule has 28 heavy (non-hydrogen) atoms. The lowest BCUT2D eigenvalue weighted by molar-refractivity contribution is -0.126. The number of likely N-dealkylation sites (tertiary alicyclic amines) is 1. The molecule has 6 nitrogen and oxygen atoms in total. The van der Waals surface area contributed by atoms with Gasteiger partial charge in [0.1, 0.15) is 0 Å². The number of carbonyl (C=O) groups excluding carboxylic acids is 1. The molecule has 1 saturated heterocycles. The van der Waals surface area contributed by atoms with Crippen molar-refractivity contribution in [3.05, 3.63) is 0 Å². The smallest absolute Gasteiger partial charge is 0.223 e. The van der Waals surface area contributed by atoms with Gasteiger partial charge in [-0.2, -0.15) is 0 Å². The molecule has 3 fully saturated rings. The third-order valence-corrected chi connectivity index (χ3v) is 6.62. The molecule has 2 saturated carbocycles. The molecule has 160 valence electrons. The van der Waals surface area contributed by atoms with Crippen molar-refractivity contribution in [3.63, 3.8) is 0 Å². The van der Waals surface area contributed by atoms with E-state index in [-0.39, 0.29) is 11.8 Å². The number of nitrogens with zero attached hydrogens (tertiary/aromatic N) is 2. The van der Waals surface area contributed by atoms with Crippen LogP contribution in [0.25, 0.3) is 0 Å². The predicted molar refractivity (Wildman–Crippen MR) is 115 cm³/mol. The zero-order valence-corrected chi connectivity index (χ0v) is 18.0. The standard InChI is InChI=1S/C22H41N5O/c1-3-23-22(24-13-10-17-11-14-27(4-2)15-12-17)26-20-7-5-6-18(16-20)21(28)25-19-8-9-19/h17-20H,3-16H2,1-2H3,(H,25,28)(H2,23,24,26). The fourth-order valence-corrected chi connectivity index (χ4v) is 4.57. The molecule has 1 heterocycles. The molecule has 0 radical (unpaired) electrons. The monoisotopic (exact) mass is 391 g/mol. The molecule has 0 aromatic carbocycles. The summed E-state index contributed by atoms with van der Waals surface area (Å²) in [6.07, 6.45) is 10.3. The average Bonchev–Trinajstić information content (AvgIpc) is 3.53. The normalized spacial score (nSPS) is 27.4. The van der Waals surface area contributed by atoms with E-state index in [9.17, 15) is 4.79 Å². The van der Waals surface area contributed by atoms with Crippen molar-refractivity contribution >= 4 is 11.9 Å². The van der Waals surface area contributed by atoms with Crippen molar-refractivity contribution in [2.75, 3.05) is 32.7 Å². The van der Waals surface area contributed by atoms with Crippen LogP contribution in [0, 0.1) is 11.8 Å². The molecular weight excluding hydrogens is 350 g/mol. The summed E-state index contributed by atoms with van der Waals surface area (Å²) in [5.74, 6) is 2.19. The van der Waals surface area contributed by atoms with E-state index in [0.29, 0.717) is 12.1 Å². The van der Waals surface area contributed by atoms with Gasteiger partial charge >= 0.3 is 0 Å². The molecule has 2 aliphatic carbocycles. The minimum atomic E-state index is 0.165. The maximum atomic E-state index is 12.4. The van der Waals surface area contributed by atoms with Crippen LogP contribution < -0.4 is 16.0 Å². The molecule has 2 atom stereocenters. The van der Waals surface area contributed by atoms with E-state index in [1.54, 1.807) is 0 Å². The highest BCUT2D eigenvalue weighted by molar-refractivity contribution is 5.81. The number of hydrogen-bond acceptors (Lipinski definition) is 3. The lowest BCUT2D eigenvalue weighted by Gasteiger charge is -2.31. The molecule has 0 aromatic heterocycles. The third kappa shape index (κ3) is 6.94. The fraction of sp³-hybridized carbons (Fsp3) is 0.909. The van der Waals surface area contributed by atoms with Gasteiger partial charge in [-0.25, -0.2) is 0 Å². The summed E-state index contributed by atoms with van der Waals surface area (Å²) in [5, 5.41) is 10.2. The first kappa shape index (κ1) is 21.4. The highest BCUT2D eigenvalue weighted by Gasteiger charge is 2.31. The van der Waals surface area contributed by atoms with E-state index in [2.05, 4.69) is 34.7 Å². The van der Waals surface area contributed by atoms with Crippen LogP contribution in [0.5, 0.6) is 0 Å². The Morgan fingerprint density at radius 1 is 1.00 bits per heavy atom. The Bertz CT molecular complexity index is 511. The molecule has 0 spiro atoms. The zero-order valence-electron chi connectivity index (χ0n) is 18.0. The minimum absolute atomic E-state index is 0.165. The predicted octanol–water partition coefficient (Wildman–Crippen LogP) is 2.50. The van der Waals surface area contributed by atoms with Crippen molar-refractivity contribution in [1.82, 2.24) is 20.9 Å². The number of carbonyl (C=O) groups is 1. The maximum absolute atomic E-state index is 12.4. The van der Waals surface area contributed by atoms with Gasteiger partial charge in [-0.15, -0.1) is 0 Å². The van der Waals surface area contributed by atoms with Crippen LogP contribution in [0.2, 0.25) is 0 Å². The highest BCUT2D eigenvalue weighted by atomic mass is 16.2. The average molecular weight is 392 g/mol. The summed E-state index contributed by atoms with van der Waals surface area (Å²) in [6.45, 7) is 9.81. The van der Waals surface area contributed by atoms with Gasteiger partial charge in [0.05, 0.1) is 0 Å². The summed E-state index contributed by atoms with van der Waals surface area (Å²) in [5.41, 5.74) is 0. The quantitative estimate of drug-likeness (QED) is 0.439. The first-order valence-electron chi connectivity index (χ1n) is 11.8. The van der Waals surface area contributed by atoms with Crippen molar-refractivity contribution < 1.29 is 4.79 Å². The topological polar surface area (TPSA) is 68.8 Å². The van der Waals surface area contributed by atoms with Crippen LogP contribution in [-0.4, -0.2) is 61.6 Å². The van der Waals surface area contributed by atoms with Gasteiger partial charge < -0.3 is 20.9 Å². The zero-order chi connectivity index (χ0) is 19.8. The van der Waals surface area contributed by atoms with Crippen LogP contribution in [0.3, 0.4) is 0 Å². The summed E-state index contributed by atoms with van der Waals surface area (Å²) in [6, 6.07) is 0.818. The lowest BCUT2D eigenvalue weighted by atomic mass is 9.85. The number of amides is 1. The van der Waals surface area contributed by atoms with Crippen LogP contribution in [-0.2, 0) is 4.79 Å². The van der Waals surface area contributed by atoms with Crippen LogP contribution >= 0.6 is 0 Å². The molecule has 3 aliphatic rings. The van der Waals surface area contributed by atoms with Gasteiger partial charge in [-0.3, -0.25) is 9.79 Å². The molecular formula is C22H41N5O. The SMILES string of the molecule is CCNC(=NCCC1CCN(CC)CC1)NC1CCCC(C(=O)NC2CC2)C1. The Labute approximate surface area is 171 Å². The second-order valence-electron chi connectivity index (χ2n) is 8.91. The van der Waals surface area contributed by atoms with Crippen LogP contribution in [0.1, 0.15) is 71.6 Å². The van der Waals surface area contributed by atoms with Crippen molar-refractivity contribution in [3.8, 4) is 0 Å². The second-order valence-corrected chi connectivity index (χ2v) is 8.91. The Balaban J connectivity index is 1.42. The molecule has 2 unspecified atom stereocenters. The Morgan fingerprint density at radius 2 is 1.79 bits per heavy atom. The number of hydrogen-bond donors (Lipinski definition) is 3. The van der Waals surface area contributed by atoms with E-state index in [1.165, 1.54) is 38.9 Å². The Kier molecular flexibility index (Phi) is 8.44. The molecule has 3 rings (SSSR count). The minimum Gasteiger partial charge on any atom is -0.357 e. The summed E-state index contributed by atoms with van der Waals surface area (Å²) in [7, 11) is 0. The molecule has 1 aliphatic heterocycles. The van der Waals surface area contributed by atoms with Crippen LogP contribution in [0.15, 0.2) is 4.99 Å². The largest absolute Gasteiger partial charge is 0.357 e. The van der Waals surface area contributed by atoms with Crippen molar-refractivity contribution in [2.45, 2.75) is 83.7 Å². The second kappa shape index (κ2) is 11.0. The molecule has 0 aromatic rings. The van der Waals surface area contributed by atoms with E-state index in [0.717, 1.165) is 63.5 Å². The van der Waals surface area contributed by atoms with E-state index in [4.69, 9.17) is 4.99 Å². The van der Waals surface area contributed by atoms with Gasteiger partial charge in [0, 0.05) is 31.1 Å². The van der Waals surface area contributed by atoms with Gasteiger partial charge in [0.25, 0.3) is 0 Å². The Hall–Kier alpha value is -1.30. The first-order valence-corrected chi connectivity index (χ1v) is 11.8. The summed E-state index contributed by atoms with van der Waals surface area (Å²) < 4.78 is 0. The molecule has 0 bridgehead atoms. The van der Waals surface area contributed by atoms with Gasteiger partial charge in [0.15, 0.2) is 5.96 Å². The van der Waals surface area contributed by atoms with Gasteiger partial charge in [-0.1, -0.05) is 13.3 Å². The van der Waals surface area contributed by atoms with Crippen molar-refractivity contribution in [1.29, 1.82) is 0 Å². The number of piperidine rings is 1. The van der Waals surface area contributed by atoms with E-state index >= 15 is 0 Å². The number of guanidine groups is 1. The van der Waals surface area contributed by atoms with Crippen molar-refractivity contribution in [2.24, 2.45) is 16.8 Å². The third-order valence-electron chi connectivity index (χ3n) is 6.62. The van der Waals surface area contributed by atoms with Crippen LogP contribution in [0.4, 0.5) is 0 Å². The molecule has 6 heteroatoms. The number of aliphatic imine (C=N–C) groups is 1. The van der Waals surface area contributed by atoms with Gasteiger partial charge in [-0.05, 0) is 83.8 Å². The summed E-state index contributed by atoms with van der Waals surface area (Å²) >= 11 is 0. The Morgan fingerprint density at radius 3 is 2.46 bits per heavy atom. The highest BCUT2D eigenvalue weighted by Crippen LogP contribution is 2.27. The van der Waals surface area contributed by atoms with E-state index < -0.39 is 0 Å². The van der Waals surface area contributed by atoms with E-state index in [1.807, 2.05) is 0 Å². The summed E-state index contributed by atoms with van der Waals surface area (Å²) in [4.78, 5) is 19.8. The first-order chi connectivity index (χ1) is 13.7. The lowest BCUT2D eigenvalue weighted by Crippen LogP contribution is -2.47. The number of rotatable bonds is 8. The number of nitrogens with one attached hydrogen (secondary N) is 3. The fourth-order valence-electron chi connectivity index (χ4n) is 4.57.